The van der Waals surface area contributed by atoms with Gasteiger partial charge in [-0.2, -0.15) is 4.39 Å². The van der Waals surface area contributed by atoms with E-state index >= 15 is 0 Å². The van der Waals surface area contributed by atoms with Crippen molar-refractivity contribution in [3.05, 3.63) is 29.5 Å². The summed E-state index contributed by atoms with van der Waals surface area (Å²) in [6.07, 6.45) is 2.92. The van der Waals surface area contributed by atoms with Gasteiger partial charge in [-0.3, -0.25) is 0 Å². The Morgan fingerprint density at radius 1 is 1.38 bits per heavy atom. The highest BCUT2D eigenvalue weighted by Crippen LogP contribution is 2.29. The van der Waals surface area contributed by atoms with Crippen LogP contribution in [0.5, 0.6) is 0 Å². The summed E-state index contributed by atoms with van der Waals surface area (Å²) in [6.45, 7) is 2.50. The van der Waals surface area contributed by atoms with Gasteiger partial charge < -0.3 is 4.74 Å². The van der Waals surface area contributed by atoms with Gasteiger partial charge in [0.2, 0.25) is 5.95 Å². The summed E-state index contributed by atoms with van der Waals surface area (Å²) in [6, 6.07) is 2.87. The Labute approximate surface area is 121 Å². The number of fused-ring (bicyclic) bond motifs is 1. The Morgan fingerprint density at radius 3 is 2.95 bits per heavy atom. The molecule has 110 valence electrons. The smallest absolute Gasteiger partial charge is 0.240 e. The lowest BCUT2D eigenvalue weighted by Gasteiger charge is -2.23. The van der Waals surface area contributed by atoms with Gasteiger partial charge in [-0.05, 0) is 31.4 Å². The maximum Gasteiger partial charge on any atom is 0.240 e. The first kappa shape index (κ1) is 14.0. The molecule has 1 fully saturated rings. The van der Waals surface area contributed by atoms with Crippen LogP contribution in [0.25, 0.3) is 10.9 Å². The number of ether oxygens (including phenoxy) is 1. The molecular weight excluding hydrogens is 274 g/mol. The molecule has 3 nitrogen and oxygen atoms in total. The van der Waals surface area contributed by atoms with E-state index in [1.807, 2.05) is 6.92 Å². The molecule has 0 N–H and O–H groups in total. The lowest BCUT2D eigenvalue weighted by molar-refractivity contribution is -0.0377. The molecule has 0 amide bonds. The Hall–Kier alpha value is -1.93. The van der Waals surface area contributed by atoms with Gasteiger partial charge in [0, 0.05) is 18.6 Å². The molecule has 0 saturated carbocycles. The molecule has 0 spiro atoms. The van der Waals surface area contributed by atoms with Crippen molar-refractivity contribution >= 4 is 10.9 Å². The fourth-order valence-corrected chi connectivity index (χ4v) is 2.58. The van der Waals surface area contributed by atoms with Gasteiger partial charge in [-0.1, -0.05) is 18.8 Å². The lowest BCUT2D eigenvalue weighted by Crippen LogP contribution is -2.19. The third kappa shape index (κ3) is 2.64. The van der Waals surface area contributed by atoms with Crippen molar-refractivity contribution < 1.29 is 13.5 Å². The van der Waals surface area contributed by atoms with E-state index in [9.17, 15) is 8.78 Å². The lowest BCUT2D eigenvalue weighted by atomic mass is 10.1. The number of rotatable bonds is 1. The van der Waals surface area contributed by atoms with E-state index in [2.05, 4.69) is 16.9 Å². The number of nitrogens with zero attached hydrogens (tertiary/aromatic N) is 2. The summed E-state index contributed by atoms with van der Waals surface area (Å²) >= 11 is 0. The Morgan fingerprint density at radius 2 is 2.24 bits per heavy atom. The van der Waals surface area contributed by atoms with Crippen LogP contribution in [0.2, 0.25) is 0 Å². The highest BCUT2D eigenvalue weighted by molar-refractivity contribution is 5.81. The molecule has 0 radical (unpaired) electrons. The first-order valence-corrected chi connectivity index (χ1v) is 7.18. The first-order valence-electron chi connectivity index (χ1n) is 7.18. The molecule has 1 aliphatic rings. The predicted molar refractivity (Wildman–Crippen MR) is 75.7 cm³/mol. The molecular formula is C16H16F2N2O. The normalized spacial score (nSPS) is 18.5. The zero-order valence-electron chi connectivity index (χ0n) is 11.8. The molecule has 1 unspecified atom stereocenters. The summed E-state index contributed by atoms with van der Waals surface area (Å²) in [5.41, 5.74) is 0.617. The number of hydrogen-bond donors (Lipinski definition) is 0. The van der Waals surface area contributed by atoms with Gasteiger partial charge in [-0.25, -0.2) is 9.07 Å². The van der Waals surface area contributed by atoms with E-state index in [4.69, 9.17) is 4.74 Å². The van der Waals surface area contributed by atoms with Crippen molar-refractivity contribution in [2.75, 3.05) is 6.61 Å². The topological polar surface area (TPSA) is 27.1 Å². The first-order chi connectivity index (χ1) is 10.2. The number of halogens is 2. The predicted octanol–water partition coefficient (Wildman–Crippen LogP) is 3.78. The van der Waals surface area contributed by atoms with Crippen LogP contribution >= 0.6 is 0 Å². The SMILES string of the molecule is CCC#Cc1cc(F)c2c(c1)c(F)nn2C1CCCCO1. The van der Waals surface area contributed by atoms with Crippen molar-refractivity contribution in [3.8, 4) is 11.8 Å². The molecule has 0 aliphatic carbocycles. The molecule has 5 heteroatoms. The van der Waals surface area contributed by atoms with Gasteiger partial charge in [0.05, 0.1) is 5.39 Å². The summed E-state index contributed by atoms with van der Waals surface area (Å²) < 4.78 is 35.3. The van der Waals surface area contributed by atoms with Crippen LogP contribution in [0.3, 0.4) is 0 Å². The maximum atomic E-state index is 14.4. The number of aromatic nitrogens is 2. The number of hydrogen-bond acceptors (Lipinski definition) is 2. The van der Waals surface area contributed by atoms with Crippen LogP contribution in [0.15, 0.2) is 12.1 Å². The van der Waals surface area contributed by atoms with Gasteiger partial charge in [0.25, 0.3) is 0 Å². The summed E-state index contributed by atoms with van der Waals surface area (Å²) in [5.74, 6) is 4.48. The quantitative estimate of drug-likeness (QED) is 0.747. The van der Waals surface area contributed by atoms with Crippen LogP contribution in [-0.2, 0) is 4.74 Å². The molecule has 2 aromatic rings. The van der Waals surface area contributed by atoms with Crippen molar-refractivity contribution in [3.63, 3.8) is 0 Å². The summed E-state index contributed by atoms with van der Waals surface area (Å²) in [7, 11) is 0. The number of benzene rings is 1. The van der Waals surface area contributed by atoms with Crippen molar-refractivity contribution in [2.45, 2.75) is 38.8 Å². The molecule has 1 aromatic carbocycles. The second-order valence-corrected chi connectivity index (χ2v) is 5.07. The zero-order chi connectivity index (χ0) is 14.8. The molecule has 1 aliphatic heterocycles. The highest BCUT2D eigenvalue weighted by atomic mass is 19.1. The van der Waals surface area contributed by atoms with Crippen molar-refractivity contribution in [2.24, 2.45) is 0 Å². The van der Waals surface area contributed by atoms with E-state index in [-0.39, 0.29) is 10.9 Å². The summed E-state index contributed by atoms with van der Waals surface area (Å²) in [5, 5.41) is 3.99. The maximum absolute atomic E-state index is 14.4. The van der Waals surface area contributed by atoms with E-state index < -0.39 is 18.0 Å². The Balaban J connectivity index is 2.11. The molecule has 21 heavy (non-hydrogen) atoms. The van der Waals surface area contributed by atoms with E-state index in [0.29, 0.717) is 25.0 Å². The zero-order valence-corrected chi connectivity index (χ0v) is 11.8. The molecule has 0 bridgehead atoms. The molecule has 1 aromatic heterocycles. The average molecular weight is 290 g/mol. The largest absolute Gasteiger partial charge is 0.356 e. The fraction of sp³-hybridized carbons (Fsp3) is 0.438. The third-order valence-corrected chi connectivity index (χ3v) is 3.55. The van der Waals surface area contributed by atoms with Crippen LogP contribution in [0, 0.1) is 23.6 Å². The minimum atomic E-state index is -0.682. The van der Waals surface area contributed by atoms with E-state index in [0.717, 1.165) is 12.8 Å². The van der Waals surface area contributed by atoms with E-state index in [1.54, 1.807) is 6.07 Å². The van der Waals surface area contributed by atoms with Crippen LogP contribution in [0.4, 0.5) is 8.78 Å². The fourth-order valence-electron chi connectivity index (χ4n) is 2.58. The minimum absolute atomic E-state index is 0.154. The Kier molecular flexibility index (Phi) is 3.89. The molecule has 3 rings (SSSR count). The van der Waals surface area contributed by atoms with Crippen LogP contribution in [-0.4, -0.2) is 16.4 Å². The standard InChI is InChI=1S/C16H16F2N2O/c1-2-3-6-11-9-12-15(13(17)10-11)20(19-16(12)18)14-7-4-5-8-21-14/h9-10,14H,2,4-5,7-8H2,1H3. The minimum Gasteiger partial charge on any atom is -0.356 e. The highest BCUT2D eigenvalue weighted by Gasteiger charge is 2.23. The molecule has 1 saturated heterocycles. The van der Waals surface area contributed by atoms with Gasteiger partial charge in [-0.15, -0.1) is 5.10 Å². The van der Waals surface area contributed by atoms with Crippen LogP contribution < -0.4 is 0 Å². The summed E-state index contributed by atoms with van der Waals surface area (Å²) in [4.78, 5) is 0. The van der Waals surface area contributed by atoms with Crippen molar-refractivity contribution in [1.29, 1.82) is 0 Å². The second-order valence-electron chi connectivity index (χ2n) is 5.07. The van der Waals surface area contributed by atoms with Crippen LogP contribution in [0.1, 0.15) is 44.4 Å². The Bertz CT molecular complexity index is 721. The molecule has 2 heterocycles. The second kappa shape index (κ2) is 5.82. The monoisotopic (exact) mass is 290 g/mol. The van der Waals surface area contributed by atoms with Gasteiger partial charge in [0.15, 0.2) is 12.0 Å². The molecule has 1 atom stereocenters. The van der Waals surface area contributed by atoms with Gasteiger partial charge in [0.1, 0.15) is 5.52 Å². The van der Waals surface area contributed by atoms with Crippen molar-refractivity contribution in [1.82, 2.24) is 9.78 Å². The average Bonchev–Trinajstić information content (AvgIpc) is 2.84. The van der Waals surface area contributed by atoms with Gasteiger partial charge >= 0.3 is 0 Å². The third-order valence-electron chi connectivity index (χ3n) is 3.55. The van der Waals surface area contributed by atoms with E-state index in [1.165, 1.54) is 10.7 Å².